The lowest BCUT2D eigenvalue weighted by atomic mass is 10.0. The van der Waals surface area contributed by atoms with Crippen molar-refractivity contribution in [3.8, 4) is 17.2 Å². The number of carbonyl (C=O) groups is 1. The zero-order valence-electron chi connectivity index (χ0n) is 17.8. The van der Waals surface area contributed by atoms with Crippen molar-refractivity contribution in [2.75, 3.05) is 39.2 Å². The van der Waals surface area contributed by atoms with Crippen LogP contribution in [0.15, 0.2) is 42.5 Å². The van der Waals surface area contributed by atoms with Crippen molar-refractivity contribution in [3.05, 3.63) is 53.6 Å². The molecule has 0 saturated carbocycles. The summed E-state index contributed by atoms with van der Waals surface area (Å²) in [6, 6.07) is 12.6. The molecule has 0 bridgehead atoms. The van der Waals surface area contributed by atoms with Crippen LogP contribution in [0.25, 0.3) is 0 Å². The number of nitrogens with zero attached hydrogens (tertiary/aromatic N) is 1. The van der Waals surface area contributed by atoms with Gasteiger partial charge in [-0.2, -0.15) is 4.31 Å². The van der Waals surface area contributed by atoms with Crippen LogP contribution in [0.5, 0.6) is 17.2 Å². The molecule has 0 aliphatic carbocycles. The molecule has 8 nitrogen and oxygen atoms in total. The maximum Gasteiger partial charge on any atom is 0.257 e. The first-order valence-electron chi connectivity index (χ1n) is 10.2. The molecule has 0 atom stereocenters. The summed E-state index contributed by atoms with van der Waals surface area (Å²) < 4.78 is 42.8. The SMILES string of the molecule is CCOc1ccc(OCC(=O)NCCS(=O)(=O)N2CCc3cc(OC)ccc3C2)cc1. The van der Waals surface area contributed by atoms with Gasteiger partial charge in [-0.05, 0) is 60.9 Å². The number of carbonyl (C=O) groups excluding carboxylic acids is 1. The van der Waals surface area contributed by atoms with Crippen molar-refractivity contribution in [2.45, 2.75) is 19.9 Å². The summed E-state index contributed by atoms with van der Waals surface area (Å²) >= 11 is 0. The Kier molecular flexibility index (Phi) is 7.75. The maximum atomic E-state index is 12.7. The molecule has 0 spiro atoms. The van der Waals surface area contributed by atoms with Crippen molar-refractivity contribution < 1.29 is 27.4 Å². The molecule has 2 aromatic rings. The van der Waals surface area contributed by atoms with Crippen LogP contribution in [0.1, 0.15) is 18.1 Å². The number of ether oxygens (including phenoxy) is 3. The second-order valence-corrected chi connectivity index (χ2v) is 9.17. The first kappa shape index (κ1) is 22.9. The predicted octanol–water partition coefficient (Wildman–Crippen LogP) is 1.98. The smallest absolute Gasteiger partial charge is 0.257 e. The number of amides is 1. The lowest BCUT2D eigenvalue weighted by Crippen LogP contribution is -2.41. The Morgan fingerprint density at radius 2 is 1.71 bits per heavy atom. The number of benzene rings is 2. The Morgan fingerprint density at radius 3 is 2.39 bits per heavy atom. The Labute approximate surface area is 183 Å². The van der Waals surface area contributed by atoms with Crippen LogP contribution in [-0.4, -0.2) is 57.8 Å². The maximum absolute atomic E-state index is 12.7. The van der Waals surface area contributed by atoms with Gasteiger partial charge in [0.1, 0.15) is 17.2 Å². The Balaban J connectivity index is 1.43. The highest BCUT2D eigenvalue weighted by Gasteiger charge is 2.26. The van der Waals surface area contributed by atoms with E-state index in [-0.39, 0.29) is 24.8 Å². The Bertz CT molecular complexity index is 992. The number of fused-ring (bicyclic) bond motifs is 1. The number of hydrogen-bond acceptors (Lipinski definition) is 6. The van der Waals surface area contributed by atoms with Crippen LogP contribution in [0.3, 0.4) is 0 Å². The van der Waals surface area contributed by atoms with Gasteiger partial charge in [0, 0.05) is 19.6 Å². The third-order valence-corrected chi connectivity index (χ3v) is 6.79. The summed E-state index contributed by atoms with van der Waals surface area (Å²) in [6.07, 6.45) is 0.633. The van der Waals surface area contributed by atoms with Gasteiger partial charge in [-0.3, -0.25) is 4.79 Å². The first-order chi connectivity index (χ1) is 14.9. The first-order valence-corrected chi connectivity index (χ1v) is 11.8. The molecule has 31 heavy (non-hydrogen) atoms. The lowest BCUT2D eigenvalue weighted by molar-refractivity contribution is -0.122. The molecule has 0 unspecified atom stereocenters. The van der Waals surface area contributed by atoms with E-state index >= 15 is 0 Å². The average Bonchev–Trinajstić information content (AvgIpc) is 2.78. The summed E-state index contributed by atoms with van der Waals surface area (Å²) in [5.74, 6) is 1.50. The van der Waals surface area contributed by atoms with Gasteiger partial charge in [0.05, 0.1) is 19.5 Å². The lowest BCUT2D eigenvalue weighted by Gasteiger charge is -2.28. The fraction of sp³-hybridized carbons (Fsp3) is 0.409. The predicted molar refractivity (Wildman–Crippen MR) is 117 cm³/mol. The average molecular weight is 449 g/mol. The van der Waals surface area contributed by atoms with Gasteiger partial charge < -0.3 is 19.5 Å². The molecule has 1 aliphatic rings. The molecule has 2 aromatic carbocycles. The monoisotopic (exact) mass is 448 g/mol. The second kappa shape index (κ2) is 10.5. The molecule has 1 aliphatic heterocycles. The third kappa shape index (κ3) is 6.35. The molecule has 0 saturated heterocycles. The van der Waals surface area contributed by atoms with Gasteiger partial charge >= 0.3 is 0 Å². The minimum absolute atomic E-state index is 0.0276. The van der Waals surface area contributed by atoms with E-state index in [2.05, 4.69) is 5.32 Å². The number of methoxy groups -OCH3 is 1. The molecule has 1 heterocycles. The van der Waals surface area contributed by atoms with Crippen LogP contribution in [0.4, 0.5) is 0 Å². The van der Waals surface area contributed by atoms with Crippen molar-refractivity contribution in [1.29, 1.82) is 0 Å². The van der Waals surface area contributed by atoms with Crippen molar-refractivity contribution in [3.63, 3.8) is 0 Å². The molecule has 9 heteroatoms. The van der Waals surface area contributed by atoms with Gasteiger partial charge in [0.15, 0.2) is 6.61 Å². The molecule has 1 N–H and O–H groups in total. The van der Waals surface area contributed by atoms with Crippen LogP contribution < -0.4 is 19.5 Å². The molecule has 0 aromatic heterocycles. The summed E-state index contributed by atoms with van der Waals surface area (Å²) in [4.78, 5) is 12.0. The molecule has 0 fully saturated rings. The molecule has 1 amide bonds. The van der Waals surface area contributed by atoms with Gasteiger partial charge in [-0.25, -0.2) is 8.42 Å². The molecule has 0 radical (unpaired) electrons. The van der Waals surface area contributed by atoms with E-state index in [9.17, 15) is 13.2 Å². The van der Waals surface area contributed by atoms with Crippen LogP contribution in [-0.2, 0) is 27.8 Å². The zero-order valence-corrected chi connectivity index (χ0v) is 18.6. The van der Waals surface area contributed by atoms with E-state index in [1.54, 1.807) is 31.4 Å². The highest BCUT2D eigenvalue weighted by molar-refractivity contribution is 7.89. The van der Waals surface area contributed by atoms with Gasteiger partial charge in [0.25, 0.3) is 5.91 Å². The number of hydrogen-bond donors (Lipinski definition) is 1. The van der Waals surface area contributed by atoms with Crippen molar-refractivity contribution in [1.82, 2.24) is 9.62 Å². The molecule has 168 valence electrons. The highest BCUT2D eigenvalue weighted by Crippen LogP contribution is 2.25. The normalized spacial score (nSPS) is 13.9. The van der Waals surface area contributed by atoms with Crippen LogP contribution >= 0.6 is 0 Å². The molecule has 3 rings (SSSR count). The summed E-state index contributed by atoms with van der Waals surface area (Å²) in [5.41, 5.74) is 2.08. The Morgan fingerprint density at radius 1 is 1.03 bits per heavy atom. The Hall–Kier alpha value is -2.78. The van der Waals surface area contributed by atoms with E-state index < -0.39 is 10.0 Å². The fourth-order valence-electron chi connectivity index (χ4n) is 3.32. The largest absolute Gasteiger partial charge is 0.497 e. The number of sulfonamides is 1. The van der Waals surface area contributed by atoms with Gasteiger partial charge in [-0.15, -0.1) is 0 Å². The molecular weight excluding hydrogens is 420 g/mol. The molecular formula is C22H28N2O6S. The van der Waals surface area contributed by atoms with E-state index in [1.807, 2.05) is 25.1 Å². The summed E-state index contributed by atoms with van der Waals surface area (Å²) in [6.45, 7) is 3.06. The van der Waals surface area contributed by atoms with E-state index in [4.69, 9.17) is 14.2 Å². The number of rotatable bonds is 10. The standard InChI is InChI=1S/C22H28N2O6S/c1-3-29-19-6-8-20(9-7-19)30-16-22(25)23-11-13-31(26,27)24-12-10-17-14-21(28-2)5-4-18(17)15-24/h4-9,14H,3,10-13,15-16H2,1-2H3,(H,23,25). The second-order valence-electron chi connectivity index (χ2n) is 7.08. The fourth-order valence-corrected chi connectivity index (χ4v) is 4.64. The topological polar surface area (TPSA) is 94.2 Å². The minimum Gasteiger partial charge on any atom is -0.497 e. The van der Waals surface area contributed by atoms with Crippen molar-refractivity contribution >= 4 is 15.9 Å². The van der Waals surface area contributed by atoms with E-state index in [0.29, 0.717) is 31.9 Å². The quantitative estimate of drug-likeness (QED) is 0.597. The van der Waals surface area contributed by atoms with E-state index in [0.717, 1.165) is 22.6 Å². The van der Waals surface area contributed by atoms with Crippen LogP contribution in [0.2, 0.25) is 0 Å². The highest BCUT2D eigenvalue weighted by atomic mass is 32.2. The third-order valence-electron chi connectivity index (χ3n) is 4.97. The van der Waals surface area contributed by atoms with Crippen molar-refractivity contribution in [2.24, 2.45) is 0 Å². The summed E-state index contributed by atoms with van der Waals surface area (Å²) in [7, 11) is -1.87. The van der Waals surface area contributed by atoms with Gasteiger partial charge in [-0.1, -0.05) is 6.07 Å². The zero-order chi connectivity index (χ0) is 22.3. The summed E-state index contributed by atoms with van der Waals surface area (Å²) in [5, 5.41) is 2.60. The van der Waals surface area contributed by atoms with Gasteiger partial charge in [0.2, 0.25) is 10.0 Å². The minimum atomic E-state index is -3.48. The number of nitrogens with one attached hydrogen (secondary N) is 1. The van der Waals surface area contributed by atoms with Crippen LogP contribution in [0, 0.1) is 0 Å². The van der Waals surface area contributed by atoms with E-state index in [1.165, 1.54) is 4.31 Å².